The Morgan fingerprint density at radius 2 is 2.13 bits per heavy atom. The van der Waals surface area contributed by atoms with Gasteiger partial charge in [-0.3, -0.25) is 0 Å². The van der Waals surface area contributed by atoms with Crippen LogP contribution in [0.1, 0.15) is 40.0 Å². The van der Waals surface area contributed by atoms with E-state index in [1.165, 1.54) is 12.8 Å². The Hall–Kier alpha value is -0.770. The Balaban J connectivity index is 2.09. The third-order valence-corrected chi connectivity index (χ3v) is 2.18. The van der Waals surface area contributed by atoms with Gasteiger partial charge in [0, 0.05) is 6.54 Å². The Kier molecular flexibility index (Phi) is 3.97. The van der Waals surface area contributed by atoms with E-state index in [2.05, 4.69) is 5.32 Å². The molecule has 0 aromatic carbocycles. The summed E-state index contributed by atoms with van der Waals surface area (Å²) >= 11 is 0. The maximum absolute atomic E-state index is 11.2. The largest absolute Gasteiger partial charge is 0.444 e. The maximum Gasteiger partial charge on any atom is 0.407 e. The average molecular weight is 215 g/mol. The van der Waals surface area contributed by atoms with Crippen LogP contribution in [0.5, 0.6) is 0 Å². The molecule has 0 aliphatic heterocycles. The number of aliphatic hydroxyl groups excluding tert-OH is 1. The molecular weight excluding hydrogens is 194 g/mol. The molecule has 1 atom stereocenters. The summed E-state index contributed by atoms with van der Waals surface area (Å²) in [6.45, 7) is 5.72. The number of hydrogen-bond donors (Lipinski definition) is 2. The zero-order chi connectivity index (χ0) is 11.5. The van der Waals surface area contributed by atoms with E-state index in [0.717, 1.165) is 6.42 Å². The van der Waals surface area contributed by atoms with Gasteiger partial charge in [-0.25, -0.2) is 4.79 Å². The van der Waals surface area contributed by atoms with Gasteiger partial charge >= 0.3 is 6.09 Å². The van der Waals surface area contributed by atoms with Gasteiger partial charge < -0.3 is 15.2 Å². The van der Waals surface area contributed by atoms with Gasteiger partial charge in [0.25, 0.3) is 0 Å². The first-order chi connectivity index (χ1) is 6.87. The summed E-state index contributed by atoms with van der Waals surface area (Å²) in [5, 5.41) is 12.1. The van der Waals surface area contributed by atoms with Crippen molar-refractivity contribution in [2.45, 2.75) is 51.7 Å². The predicted molar refractivity (Wildman–Crippen MR) is 57.6 cm³/mol. The second-order valence-electron chi connectivity index (χ2n) is 5.22. The normalized spacial score (nSPS) is 18.4. The molecule has 0 saturated heterocycles. The molecule has 0 heterocycles. The lowest BCUT2D eigenvalue weighted by Crippen LogP contribution is -2.37. The van der Waals surface area contributed by atoms with Crippen LogP contribution in [-0.4, -0.2) is 29.4 Å². The second-order valence-corrected chi connectivity index (χ2v) is 5.22. The van der Waals surface area contributed by atoms with E-state index in [0.29, 0.717) is 5.92 Å². The molecule has 0 spiro atoms. The number of rotatable bonds is 4. The first-order valence-corrected chi connectivity index (χ1v) is 5.52. The maximum atomic E-state index is 11.2. The Bertz CT molecular complexity index is 218. The zero-order valence-corrected chi connectivity index (χ0v) is 9.75. The summed E-state index contributed by atoms with van der Waals surface area (Å²) in [5.74, 6) is 0.667. The van der Waals surface area contributed by atoms with Crippen molar-refractivity contribution in [1.82, 2.24) is 5.32 Å². The zero-order valence-electron chi connectivity index (χ0n) is 9.75. The number of nitrogens with one attached hydrogen (secondary N) is 1. The number of alkyl carbamates (subject to hydrolysis) is 1. The summed E-state index contributed by atoms with van der Waals surface area (Å²) in [5.41, 5.74) is -0.481. The van der Waals surface area contributed by atoms with Crippen LogP contribution in [0.3, 0.4) is 0 Å². The Morgan fingerprint density at radius 3 is 2.60 bits per heavy atom. The molecule has 0 unspecified atom stereocenters. The van der Waals surface area contributed by atoms with E-state index in [1.807, 2.05) is 20.8 Å². The van der Waals surface area contributed by atoms with Crippen LogP contribution in [0.2, 0.25) is 0 Å². The number of carbonyl (C=O) groups excluding carboxylic acids is 1. The van der Waals surface area contributed by atoms with E-state index in [4.69, 9.17) is 4.74 Å². The lowest BCUT2D eigenvalue weighted by atomic mass is 10.2. The fourth-order valence-corrected chi connectivity index (χ4v) is 1.34. The molecule has 0 aromatic heterocycles. The summed E-state index contributed by atoms with van der Waals surface area (Å²) in [4.78, 5) is 11.2. The first-order valence-electron chi connectivity index (χ1n) is 5.52. The lowest BCUT2D eigenvalue weighted by Gasteiger charge is -2.20. The van der Waals surface area contributed by atoms with Crippen LogP contribution >= 0.6 is 0 Å². The van der Waals surface area contributed by atoms with Gasteiger partial charge in [-0.05, 0) is 33.1 Å². The summed E-state index contributed by atoms with van der Waals surface area (Å²) in [6.07, 6.45) is 2.31. The molecule has 4 nitrogen and oxygen atoms in total. The molecule has 1 saturated carbocycles. The van der Waals surface area contributed by atoms with Crippen molar-refractivity contribution in [2.75, 3.05) is 6.54 Å². The number of aliphatic hydroxyl groups is 1. The highest BCUT2D eigenvalue weighted by Crippen LogP contribution is 2.33. The van der Waals surface area contributed by atoms with Crippen LogP contribution < -0.4 is 5.32 Å². The molecule has 0 aromatic rings. The van der Waals surface area contributed by atoms with Crippen molar-refractivity contribution in [1.29, 1.82) is 0 Å². The molecule has 2 N–H and O–H groups in total. The van der Waals surface area contributed by atoms with Crippen LogP contribution in [0.15, 0.2) is 0 Å². The third kappa shape index (κ3) is 6.33. The highest BCUT2D eigenvalue weighted by molar-refractivity contribution is 5.67. The van der Waals surface area contributed by atoms with Crippen molar-refractivity contribution < 1.29 is 14.6 Å². The van der Waals surface area contributed by atoms with Gasteiger partial charge in [0.15, 0.2) is 0 Å². The molecule has 15 heavy (non-hydrogen) atoms. The minimum Gasteiger partial charge on any atom is -0.444 e. The smallest absolute Gasteiger partial charge is 0.407 e. The standard InChI is InChI=1S/C11H21NO3/c1-11(2,3)15-10(14)12-7-9(13)6-8-4-5-8/h8-9,13H,4-7H2,1-3H3,(H,12,14)/t9-/m1/s1. The molecular formula is C11H21NO3. The van der Waals surface area contributed by atoms with E-state index in [9.17, 15) is 9.90 Å². The van der Waals surface area contributed by atoms with Gasteiger partial charge in [-0.2, -0.15) is 0 Å². The van der Waals surface area contributed by atoms with E-state index in [-0.39, 0.29) is 6.54 Å². The average Bonchev–Trinajstić information content (AvgIpc) is 2.81. The van der Waals surface area contributed by atoms with Crippen LogP contribution in [0, 0.1) is 5.92 Å². The SMILES string of the molecule is CC(C)(C)OC(=O)NC[C@H](O)CC1CC1. The van der Waals surface area contributed by atoms with Crippen molar-refractivity contribution >= 4 is 6.09 Å². The van der Waals surface area contributed by atoms with Crippen LogP contribution in [0.25, 0.3) is 0 Å². The highest BCUT2D eigenvalue weighted by atomic mass is 16.6. The van der Waals surface area contributed by atoms with E-state index in [1.54, 1.807) is 0 Å². The van der Waals surface area contributed by atoms with Gasteiger partial charge in [-0.15, -0.1) is 0 Å². The minimum absolute atomic E-state index is 0.283. The van der Waals surface area contributed by atoms with Crippen molar-refractivity contribution in [3.63, 3.8) is 0 Å². The number of carbonyl (C=O) groups is 1. The molecule has 1 rings (SSSR count). The monoisotopic (exact) mass is 215 g/mol. The fraction of sp³-hybridized carbons (Fsp3) is 0.909. The number of ether oxygens (including phenoxy) is 1. The summed E-state index contributed by atoms with van der Waals surface area (Å²) < 4.78 is 5.05. The molecule has 88 valence electrons. The highest BCUT2D eigenvalue weighted by Gasteiger charge is 2.25. The molecule has 0 bridgehead atoms. The quantitative estimate of drug-likeness (QED) is 0.750. The van der Waals surface area contributed by atoms with Gasteiger partial charge in [-0.1, -0.05) is 12.8 Å². The first kappa shape index (κ1) is 12.3. The molecule has 4 heteroatoms. The molecule has 1 aliphatic carbocycles. The molecule has 1 aliphatic rings. The van der Waals surface area contributed by atoms with Crippen molar-refractivity contribution in [3.8, 4) is 0 Å². The van der Waals surface area contributed by atoms with Gasteiger partial charge in [0.1, 0.15) is 5.60 Å². The van der Waals surface area contributed by atoms with Crippen LogP contribution in [0.4, 0.5) is 4.79 Å². The predicted octanol–water partition coefficient (Wildman–Crippen LogP) is 1.67. The topological polar surface area (TPSA) is 58.6 Å². The van der Waals surface area contributed by atoms with E-state index < -0.39 is 17.8 Å². The third-order valence-electron chi connectivity index (χ3n) is 2.18. The summed E-state index contributed by atoms with van der Waals surface area (Å²) in [6, 6.07) is 0. The lowest BCUT2D eigenvalue weighted by molar-refractivity contribution is 0.0486. The van der Waals surface area contributed by atoms with Gasteiger partial charge in [0.05, 0.1) is 6.10 Å². The Morgan fingerprint density at radius 1 is 1.53 bits per heavy atom. The van der Waals surface area contributed by atoms with E-state index >= 15 is 0 Å². The minimum atomic E-state index is -0.481. The fourth-order valence-electron chi connectivity index (χ4n) is 1.34. The van der Waals surface area contributed by atoms with Crippen molar-refractivity contribution in [3.05, 3.63) is 0 Å². The van der Waals surface area contributed by atoms with Crippen LogP contribution in [-0.2, 0) is 4.74 Å². The second kappa shape index (κ2) is 4.84. The van der Waals surface area contributed by atoms with Gasteiger partial charge in [0.2, 0.25) is 0 Å². The molecule has 1 fully saturated rings. The summed E-state index contributed by atoms with van der Waals surface area (Å²) in [7, 11) is 0. The number of amides is 1. The van der Waals surface area contributed by atoms with Crippen molar-refractivity contribution in [2.24, 2.45) is 5.92 Å². The number of hydrogen-bond acceptors (Lipinski definition) is 3. The molecule has 1 amide bonds. The Labute approximate surface area is 91.0 Å². The molecule has 0 radical (unpaired) electrons.